The summed E-state index contributed by atoms with van der Waals surface area (Å²) < 4.78 is 3.17. The van der Waals surface area contributed by atoms with Crippen molar-refractivity contribution in [2.45, 2.75) is 50.4 Å². The molecule has 0 amide bonds. The fourth-order valence-corrected chi connectivity index (χ4v) is 6.59. The van der Waals surface area contributed by atoms with Crippen molar-refractivity contribution in [3.63, 3.8) is 0 Å². The molecule has 31 heavy (non-hydrogen) atoms. The van der Waals surface area contributed by atoms with Gasteiger partial charge in [0.15, 0.2) is 0 Å². The van der Waals surface area contributed by atoms with Crippen LogP contribution in [0.4, 0.5) is 5.82 Å². The van der Waals surface area contributed by atoms with Crippen LogP contribution in [0.1, 0.15) is 37.3 Å². The van der Waals surface area contributed by atoms with Gasteiger partial charge in [0.2, 0.25) is 0 Å². The zero-order valence-corrected chi connectivity index (χ0v) is 17.9. The van der Waals surface area contributed by atoms with Crippen molar-refractivity contribution in [3.8, 4) is 0 Å². The van der Waals surface area contributed by atoms with E-state index < -0.39 is 12.2 Å². The van der Waals surface area contributed by atoms with Gasteiger partial charge in [-0.25, -0.2) is 15.0 Å². The van der Waals surface area contributed by atoms with Crippen LogP contribution in [0.5, 0.6) is 0 Å². The standard InChI is InChI=1S/C23H25N5O2S/c24-21-15-4-6-28(22(15)26-11-25-21)17-3-5-23(20(30)19(17)29)9-14(10-23)7-13-1-2-18-16(8-13)27-12-31-18/h1-2,4,6,8,11-12,14,17,19-20,29-30H,3,5,7,9-10H2,(H2,24,25,26)/t14-,17-,19+,20+,23-/m1/s1. The quantitative estimate of drug-likeness (QED) is 0.455. The highest BCUT2D eigenvalue weighted by Crippen LogP contribution is 2.57. The zero-order valence-electron chi connectivity index (χ0n) is 17.1. The van der Waals surface area contributed by atoms with Crippen molar-refractivity contribution in [1.29, 1.82) is 0 Å². The van der Waals surface area contributed by atoms with Gasteiger partial charge in [-0.05, 0) is 67.2 Å². The van der Waals surface area contributed by atoms with Crippen LogP contribution in [0.25, 0.3) is 21.3 Å². The number of nitrogen functional groups attached to an aromatic ring is 1. The smallest absolute Gasteiger partial charge is 0.145 e. The van der Waals surface area contributed by atoms with E-state index in [2.05, 4.69) is 33.2 Å². The van der Waals surface area contributed by atoms with Crippen molar-refractivity contribution < 1.29 is 10.2 Å². The van der Waals surface area contributed by atoms with Crippen molar-refractivity contribution in [1.82, 2.24) is 19.5 Å². The first-order valence-electron chi connectivity index (χ1n) is 10.8. The number of aliphatic hydroxyl groups excluding tert-OH is 2. The molecule has 3 aromatic heterocycles. The molecular formula is C23H25N5O2S. The van der Waals surface area contributed by atoms with E-state index in [9.17, 15) is 10.2 Å². The topological polar surface area (TPSA) is 110 Å². The minimum atomic E-state index is -0.826. The predicted octanol–water partition coefficient (Wildman–Crippen LogP) is 3.32. The molecule has 2 aliphatic rings. The Bertz CT molecular complexity index is 1260. The molecule has 1 spiro atoms. The number of benzene rings is 1. The van der Waals surface area contributed by atoms with Gasteiger partial charge in [0.1, 0.15) is 23.9 Å². The van der Waals surface area contributed by atoms with Gasteiger partial charge in [-0.1, -0.05) is 6.07 Å². The third kappa shape index (κ3) is 2.96. The molecule has 3 atom stereocenters. The zero-order chi connectivity index (χ0) is 21.2. The molecule has 2 aliphatic carbocycles. The van der Waals surface area contributed by atoms with Gasteiger partial charge in [0, 0.05) is 6.20 Å². The van der Waals surface area contributed by atoms with Crippen molar-refractivity contribution in [2.75, 3.05) is 5.73 Å². The van der Waals surface area contributed by atoms with Gasteiger partial charge in [-0.15, -0.1) is 11.3 Å². The van der Waals surface area contributed by atoms with E-state index in [0.29, 0.717) is 17.4 Å². The van der Waals surface area contributed by atoms with Crippen LogP contribution in [-0.4, -0.2) is 41.9 Å². The van der Waals surface area contributed by atoms with Crippen LogP contribution in [0.2, 0.25) is 0 Å². The van der Waals surface area contributed by atoms with Crippen LogP contribution in [0, 0.1) is 11.3 Å². The van der Waals surface area contributed by atoms with Gasteiger partial charge >= 0.3 is 0 Å². The maximum atomic E-state index is 11.1. The number of aromatic nitrogens is 4. The highest BCUT2D eigenvalue weighted by atomic mass is 32.1. The lowest BCUT2D eigenvalue weighted by molar-refractivity contribution is -0.165. The summed E-state index contributed by atoms with van der Waals surface area (Å²) in [4.78, 5) is 12.8. The summed E-state index contributed by atoms with van der Waals surface area (Å²) in [7, 11) is 0. The number of anilines is 1. The van der Waals surface area contributed by atoms with E-state index in [1.807, 2.05) is 22.3 Å². The van der Waals surface area contributed by atoms with Crippen LogP contribution in [-0.2, 0) is 6.42 Å². The molecule has 1 aromatic carbocycles. The Morgan fingerprint density at radius 1 is 1.16 bits per heavy atom. The molecule has 7 nitrogen and oxygen atoms in total. The van der Waals surface area contributed by atoms with Gasteiger partial charge in [0.05, 0.1) is 33.3 Å². The number of aliphatic hydroxyl groups is 2. The first-order chi connectivity index (χ1) is 15.0. The Hall–Kier alpha value is -2.55. The molecule has 0 radical (unpaired) electrons. The van der Waals surface area contributed by atoms with Crippen molar-refractivity contribution >= 4 is 38.4 Å². The number of thiazole rings is 1. The molecule has 6 rings (SSSR count). The van der Waals surface area contributed by atoms with Crippen LogP contribution in [0.15, 0.2) is 42.3 Å². The molecule has 2 saturated carbocycles. The first kappa shape index (κ1) is 19.2. The van der Waals surface area contributed by atoms with E-state index in [4.69, 9.17) is 5.73 Å². The van der Waals surface area contributed by atoms with E-state index in [1.165, 1.54) is 16.6 Å². The van der Waals surface area contributed by atoms with E-state index in [0.717, 1.165) is 43.0 Å². The van der Waals surface area contributed by atoms with Gasteiger partial charge in [-0.3, -0.25) is 0 Å². The number of nitrogens with zero attached hydrogens (tertiary/aromatic N) is 4. The average molecular weight is 436 g/mol. The fraction of sp³-hybridized carbons (Fsp3) is 0.435. The van der Waals surface area contributed by atoms with E-state index >= 15 is 0 Å². The SMILES string of the molecule is Nc1ncnc2c1ccn2[C@@H]1CC[C@]2(C[C@@H](Cc3ccc4scnc4c3)C2)[C@@H](O)[C@H]1O. The monoisotopic (exact) mass is 435 g/mol. The number of rotatable bonds is 3. The second-order valence-electron chi connectivity index (χ2n) is 9.26. The van der Waals surface area contributed by atoms with Gasteiger partial charge in [0.25, 0.3) is 0 Å². The maximum Gasteiger partial charge on any atom is 0.145 e. The minimum Gasteiger partial charge on any atom is -0.390 e. The summed E-state index contributed by atoms with van der Waals surface area (Å²) in [5.41, 5.74) is 10.7. The molecule has 4 aromatic rings. The average Bonchev–Trinajstić information content (AvgIpc) is 3.38. The normalized spacial score (nSPS) is 30.8. The second kappa shape index (κ2) is 6.98. The molecule has 0 unspecified atom stereocenters. The number of fused-ring (bicyclic) bond motifs is 2. The third-order valence-electron chi connectivity index (χ3n) is 7.49. The van der Waals surface area contributed by atoms with Crippen molar-refractivity contribution in [2.24, 2.45) is 11.3 Å². The van der Waals surface area contributed by atoms with Crippen LogP contribution >= 0.6 is 11.3 Å². The summed E-state index contributed by atoms with van der Waals surface area (Å²) in [5, 5.41) is 23.0. The molecule has 0 saturated heterocycles. The molecule has 160 valence electrons. The van der Waals surface area contributed by atoms with E-state index in [1.54, 1.807) is 11.3 Å². The lowest BCUT2D eigenvalue weighted by Crippen LogP contribution is -2.57. The summed E-state index contributed by atoms with van der Waals surface area (Å²) in [5.74, 6) is 0.971. The van der Waals surface area contributed by atoms with Crippen molar-refractivity contribution in [3.05, 3.63) is 47.9 Å². The molecule has 3 heterocycles. The number of hydrogen-bond acceptors (Lipinski definition) is 7. The summed E-state index contributed by atoms with van der Waals surface area (Å²) in [6.07, 6.45) is 6.39. The first-order valence-corrected chi connectivity index (χ1v) is 11.7. The number of nitrogens with two attached hydrogens (primary N) is 1. The van der Waals surface area contributed by atoms with Crippen LogP contribution < -0.4 is 5.73 Å². The fourth-order valence-electron chi connectivity index (χ4n) is 5.93. The summed E-state index contributed by atoms with van der Waals surface area (Å²) in [6.45, 7) is 0. The second-order valence-corrected chi connectivity index (χ2v) is 10.1. The Balaban J connectivity index is 1.17. The Kier molecular flexibility index (Phi) is 4.31. The molecule has 0 bridgehead atoms. The lowest BCUT2D eigenvalue weighted by Gasteiger charge is -2.56. The summed E-state index contributed by atoms with van der Waals surface area (Å²) >= 11 is 1.66. The third-order valence-corrected chi connectivity index (χ3v) is 8.30. The molecule has 2 fully saturated rings. The highest BCUT2D eigenvalue weighted by molar-refractivity contribution is 7.16. The van der Waals surface area contributed by atoms with Crippen LogP contribution in [0.3, 0.4) is 0 Å². The van der Waals surface area contributed by atoms with Gasteiger partial charge in [-0.2, -0.15) is 0 Å². The van der Waals surface area contributed by atoms with E-state index in [-0.39, 0.29) is 11.5 Å². The molecule has 4 N–H and O–H groups in total. The molecular weight excluding hydrogens is 410 g/mol. The van der Waals surface area contributed by atoms with Gasteiger partial charge < -0.3 is 20.5 Å². The molecule has 0 aliphatic heterocycles. The maximum absolute atomic E-state index is 11.1. The highest BCUT2D eigenvalue weighted by Gasteiger charge is 2.55. The Morgan fingerprint density at radius 2 is 2.03 bits per heavy atom. The number of hydrogen-bond donors (Lipinski definition) is 3. The minimum absolute atomic E-state index is 0.178. The lowest BCUT2D eigenvalue weighted by atomic mass is 9.52. The Morgan fingerprint density at radius 3 is 2.90 bits per heavy atom. The Labute approximate surface area is 183 Å². The largest absolute Gasteiger partial charge is 0.390 e. The predicted molar refractivity (Wildman–Crippen MR) is 121 cm³/mol. The summed E-state index contributed by atoms with van der Waals surface area (Å²) in [6, 6.07) is 8.20. The molecule has 8 heteroatoms.